The van der Waals surface area contributed by atoms with E-state index in [-0.39, 0.29) is 5.41 Å². The Kier molecular flexibility index (Phi) is 8.50. The zero-order valence-electron chi connectivity index (χ0n) is 33.6. The summed E-state index contributed by atoms with van der Waals surface area (Å²) in [5.74, 6) is 3.13. The summed E-state index contributed by atoms with van der Waals surface area (Å²) in [5.41, 5.74) is 17.4. The van der Waals surface area contributed by atoms with Gasteiger partial charge in [0.15, 0.2) is 0 Å². The van der Waals surface area contributed by atoms with Crippen molar-refractivity contribution in [3.63, 3.8) is 0 Å². The van der Waals surface area contributed by atoms with E-state index in [4.69, 9.17) is 0 Å². The fourth-order valence-electron chi connectivity index (χ4n) is 11.7. The summed E-state index contributed by atoms with van der Waals surface area (Å²) in [4.78, 5) is 2.63. The first kappa shape index (κ1) is 34.8. The molecule has 0 radical (unpaired) electrons. The zero-order chi connectivity index (χ0) is 38.1. The topological polar surface area (TPSA) is 3.24 Å². The van der Waals surface area contributed by atoms with Gasteiger partial charge in [-0.05, 0) is 165 Å². The first-order valence-electron chi connectivity index (χ1n) is 21.9. The van der Waals surface area contributed by atoms with E-state index >= 15 is 0 Å². The van der Waals surface area contributed by atoms with Crippen molar-refractivity contribution in [1.29, 1.82) is 0 Å². The third-order valence-corrected chi connectivity index (χ3v) is 14.7. The Morgan fingerprint density at radius 1 is 0.491 bits per heavy atom. The number of anilines is 3. The SMILES string of the molecule is CC1(C)c2ccc(-c3ccc(-c4ccccc4)cc3)cc2-c2ccc(N(c3ccc(C4CC5CCC4C5)cc3)c3cc4ccccc4cc3C3CCCCC3)cc21. The van der Waals surface area contributed by atoms with E-state index in [9.17, 15) is 0 Å². The van der Waals surface area contributed by atoms with Gasteiger partial charge >= 0.3 is 0 Å². The summed E-state index contributed by atoms with van der Waals surface area (Å²) >= 11 is 0. The minimum atomic E-state index is -0.122. The smallest absolute Gasteiger partial charge is 0.0502 e. The molecule has 0 spiro atoms. The minimum Gasteiger partial charge on any atom is -0.310 e. The molecule has 0 N–H and O–H groups in total. The van der Waals surface area contributed by atoms with Crippen molar-refractivity contribution >= 4 is 27.8 Å². The van der Waals surface area contributed by atoms with Crippen molar-refractivity contribution in [3.8, 4) is 33.4 Å². The molecule has 0 saturated heterocycles. The highest BCUT2D eigenvalue weighted by atomic mass is 15.1. The van der Waals surface area contributed by atoms with Crippen molar-refractivity contribution in [2.24, 2.45) is 11.8 Å². The van der Waals surface area contributed by atoms with Crippen molar-refractivity contribution in [2.75, 3.05) is 4.90 Å². The van der Waals surface area contributed by atoms with Crippen LogP contribution in [0.25, 0.3) is 44.2 Å². The Labute approximate surface area is 339 Å². The van der Waals surface area contributed by atoms with Gasteiger partial charge in [-0.3, -0.25) is 0 Å². The average molecular weight is 740 g/mol. The fourth-order valence-corrected chi connectivity index (χ4v) is 11.7. The van der Waals surface area contributed by atoms with E-state index in [0.717, 1.165) is 17.8 Å². The second-order valence-electron chi connectivity index (χ2n) is 18.4. The van der Waals surface area contributed by atoms with Gasteiger partial charge in [0.25, 0.3) is 0 Å². The molecule has 0 aliphatic heterocycles. The van der Waals surface area contributed by atoms with Gasteiger partial charge in [0.05, 0.1) is 5.69 Å². The lowest BCUT2D eigenvalue weighted by Crippen LogP contribution is -2.18. The Morgan fingerprint density at radius 3 is 1.88 bits per heavy atom. The lowest BCUT2D eigenvalue weighted by atomic mass is 9.81. The molecule has 3 atom stereocenters. The summed E-state index contributed by atoms with van der Waals surface area (Å²) in [7, 11) is 0. The molecule has 7 aromatic carbocycles. The Hall–Kier alpha value is -5.40. The maximum atomic E-state index is 2.63. The highest BCUT2D eigenvalue weighted by Gasteiger charge is 2.40. The van der Waals surface area contributed by atoms with Crippen LogP contribution in [0.15, 0.2) is 152 Å². The van der Waals surface area contributed by atoms with Crippen LogP contribution >= 0.6 is 0 Å². The van der Waals surface area contributed by atoms with E-state index in [2.05, 4.69) is 170 Å². The molecule has 3 fully saturated rings. The summed E-state index contributed by atoms with van der Waals surface area (Å²) in [6, 6.07) is 58.2. The standard InChI is InChI=1S/C56H53N/c1-56(2)53-30-25-45(40-21-19-39(20-22-40)38-11-5-3-6-12-38)34-52(53)49-29-28-48(36-54(49)56)57(47-26-23-42(24-27-47)50-32-37-17-18-46(50)31-37)55-35-44-16-10-9-15-43(44)33-51(55)41-13-7-4-8-14-41/h3,5-6,9-12,15-16,19-30,33-37,41,46,50H,4,7-8,13-14,17-18,31-32H2,1-2H3. The second-order valence-corrected chi connectivity index (χ2v) is 18.4. The molecule has 1 heteroatoms. The molecule has 1 nitrogen and oxygen atoms in total. The van der Waals surface area contributed by atoms with E-state index in [0.29, 0.717) is 5.92 Å². The van der Waals surface area contributed by atoms with Crippen molar-refractivity contribution in [3.05, 3.63) is 174 Å². The lowest BCUT2D eigenvalue weighted by molar-refractivity contribution is 0.420. The minimum absolute atomic E-state index is 0.122. The molecular weight excluding hydrogens is 687 g/mol. The molecule has 4 aliphatic carbocycles. The van der Waals surface area contributed by atoms with Crippen LogP contribution in [0, 0.1) is 11.8 Å². The summed E-state index contributed by atoms with van der Waals surface area (Å²) in [5, 5.41) is 2.67. The predicted molar refractivity (Wildman–Crippen MR) is 241 cm³/mol. The summed E-state index contributed by atoms with van der Waals surface area (Å²) in [6.45, 7) is 4.85. The second kappa shape index (κ2) is 13.9. The summed E-state index contributed by atoms with van der Waals surface area (Å²) in [6.07, 6.45) is 12.2. The third kappa shape index (κ3) is 6.05. The Morgan fingerprint density at radius 2 is 1.16 bits per heavy atom. The van der Waals surface area contributed by atoms with Crippen LogP contribution in [0.3, 0.4) is 0 Å². The fraction of sp³-hybridized carbons (Fsp3) is 0.286. The van der Waals surface area contributed by atoms with Gasteiger partial charge in [-0.2, -0.15) is 0 Å². The molecular formula is C56H53N. The molecule has 57 heavy (non-hydrogen) atoms. The van der Waals surface area contributed by atoms with E-state index in [1.165, 1.54) is 136 Å². The van der Waals surface area contributed by atoms with Crippen LogP contribution in [0.4, 0.5) is 17.1 Å². The molecule has 7 aromatic rings. The van der Waals surface area contributed by atoms with Crippen molar-refractivity contribution in [1.82, 2.24) is 0 Å². The maximum absolute atomic E-state index is 2.63. The van der Waals surface area contributed by atoms with Gasteiger partial charge in [-0.25, -0.2) is 0 Å². The van der Waals surface area contributed by atoms with Gasteiger partial charge in [0.2, 0.25) is 0 Å². The van der Waals surface area contributed by atoms with Gasteiger partial charge < -0.3 is 4.90 Å². The van der Waals surface area contributed by atoms with Crippen molar-refractivity contribution in [2.45, 2.75) is 88.9 Å². The van der Waals surface area contributed by atoms with E-state index < -0.39 is 0 Å². The van der Waals surface area contributed by atoms with Gasteiger partial charge in [0, 0.05) is 16.8 Å². The molecule has 3 unspecified atom stereocenters. The van der Waals surface area contributed by atoms with E-state index in [1.54, 1.807) is 5.56 Å². The largest absolute Gasteiger partial charge is 0.310 e. The predicted octanol–water partition coefficient (Wildman–Crippen LogP) is 15.9. The van der Waals surface area contributed by atoms with Crippen molar-refractivity contribution < 1.29 is 0 Å². The molecule has 11 rings (SSSR count). The van der Waals surface area contributed by atoms with Crippen LogP contribution < -0.4 is 4.90 Å². The maximum Gasteiger partial charge on any atom is 0.0502 e. The van der Waals surface area contributed by atoms with Gasteiger partial charge in [0.1, 0.15) is 0 Å². The molecule has 2 bridgehead atoms. The first-order chi connectivity index (χ1) is 28.0. The molecule has 4 aliphatic rings. The molecule has 0 amide bonds. The van der Waals surface area contributed by atoms with Crippen LogP contribution in [0.5, 0.6) is 0 Å². The quantitative estimate of drug-likeness (QED) is 0.157. The number of rotatable bonds is 7. The third-order valence-electron chi connectivity index (χ3n) is 14.7. The van der Waals surface area contributed by atoms with Crippen LogP contribution in [0.1, 0.15) is 106 Å². The molecule has 0 aromatic heterocycles. The average Bonchev–Trinajstić information content (AvgIpc) is 3.97. The molecule has 3 saturated carbocycles. The van der Waals surface area contributed by atoms with E-state index in [1.807, 2.05) is 0 Å². The highest BCUT2D eigenvalue weighted by molar-refractivity contribution is 5.93. The van der Waals surface area contributed by atoms with Gasteiger partial charge in [-0.1, -0.05) is 149 Å². The Balaban J connectivity index is 1.02. The highest BCUT2D eigenvalue weighted by Crippen LogP contribution is 2.55. The number of benzene rings is 7. The number of fused-ring (bicyclic) bond motifs is 6. The lowest BCUT2D eigenvalue weighted by Gasteiger charge is -2.33. The first-order valence-corrected chi connectivity index (χ1v) is 21.9. The number of hydrogen-bond donors (Lipinski definition) is 0. The number of nitrogens with zero attached hydrogens (tertiary/aromatic N) is 1. The van der Waals surface area contributed by atoms with Gasteiger partial charge in [-0.15, -0.1) is 0 Å². The monoisotopic (exact) mass is 739 g/mol. The number of hydrogen-bond acceptors (Lipinski definition) is 1. The molecule has 282 valence electrons. The zero-order valence-corrected chi connectivity index (χ0v) is 33.6. The molecule has 0 heterocycles. The summed E-state index contributed by atoms with van der Waals surface area (Å²) < 4.78 is 0. The van der Waals surface area contributed by atoms with Crippen LogP contribution in [0.2, 0.25) is 0 Å². The normalized spacial score (nSPS) is 20.8. The van der Waals surface area contributed by atoms with Crippen LogP contribution in [-0.2, 0) is 5.41 Å². The Bertz CT molecular complexity index is 2590. The van der Waals surface area contributed by atoms with Crippen LogP contribution in [-0.4, -0.2) is 0 Å².